The first-order valence-electron chi connectivity index (χ1n) is 9.40. The van der Waals surface area contributed by atoms with Crippen LogP contribution in [0.25, 0.3) is 11.0 Å². The van der Waals surface area contributed by atoms with Crippen molar-refractivity contribution < 1.29 is 18.0 Å². The molecule has 0 bridgehead atoms. The van der Waals surface area contributed by atoms with E-state index in [0.717, 1.165) is 28.5 Å². The van der Waals surface area contributed by atoms with Gasteiger partial charge in [0.05, 0.1) is 11.0 Å². The highest BCUT2D eigenvalue weighted by Crippen LogP contribution is 2.29. The lowest BCUT2D eigenvalue weighted by Gasteiger charge is -2.33. The Morgan fingerprint density at radius 3 is 2.32 bits per heavy atom. The topological polar surface area (TPSA) is 55.2 Å². The number of fused-ring (bicyclic) bond motifs is 1. The van der Waals surface area contributed by atoms with E-state index in [-0.39, 0.29) is 16.9 Å². The van der Waals surface area contributed by atoms with Crippen LogP contribution in [-0.4, -0.2) is 33.4 Å². The van der Waals surface area contributed by atoms with Gasteiger partial charge >= 0.3 is 6.18 Å². The van der Waals surface area contributed by atoms with Crippen LogP contribution in [0.5, 0.6) is 0 Å². The summed E-state index contributed by atoms with van der Waals surface area (Å²) in [5, 5.41) is 0. The lowest BCUT2D eigenvalue weighted by atomic mass is 9.98. The molecule has 8 heteroatoms. The average molecular weight is 395 g/mol. The van der Waals surface area contributed by atoms with Gasteiger partial charge in [0.25, 0.3) is 5.56 Å². The first-order chi connectivity index (χ1) is 13.0. The van der Waals surface area contributed by atoms with Crippen molar-refractivity contribution in [2.24, 2.45) is 5.92 Å². The predicted molar refractivity (Wildman–Crippen MR) is 100 cm³/mol. The van der Waals surface area contributed by atoms with Crippen molar-refractivity contribution in [3.8, 4) is 0 Å². The predicted octanol–water partition coefficient (Wildman–Crippen LogP) is 3.85. The molecule has 5 nitrogen and oxygen atoms in total. The van der Waals surface area contributed by atoms with Gasteiger partial charge < -0.3 is 4.90 Å². The zero-order valence-electron chi connectivity index (χ0n) is 16.4. The molecular formula is C20H24F3N3O2. The van der Waals surface area contributed by atoms with Crippen LogP contribution in [0.2, 0.25) is 0 Å². The summed E-state index contributed by atoms with van der Waals surface area (Å²) in [4.78, 5) is 30.9. The number of aryl methyl sites for hydroxylation is 2. The number of amides is 1. The van der Waals surface area contributed by atoms with Crippen molar-refractivity contribution in [1.82, 2.24) is 14.5 Å². The van der Waals surface area contributed by atoms with E-state index < -0.39 is 23.5 Å². The Hall–Kier alpha value is -2.38. The Morgan fingerprint density at radius 2 is 1.75 bits per heavy atom. The Kier molecular flexibility index (Phi) is 5.25. The minimum Gasteiger partial charge on any atom is -0.341 e. The molecule has 1 amide bonds. The summed E-state index contributed by atoms with van der Waals surface area (Å²) >= 11 is 0. The zero-order valence-corrected chi connectivity index (χ0v) is 16.4. The molecule has 0 spiro atoms. The third kappa shape index (κ3) is 3.64. The maximum Gasteiger partial charge on any atom is 0.438 e. The number of nitrogens with zero attached hydrogens (tertiary/aromatic N) is 3. The van der Waals surface area contributed by atoms with Gasteiger partial charge in [0.2, 0.25) is 11.6 Å². The number of rotatable bonds is 2. The minimum atomic E-state index is -4.89. The van der Waals surface area contributed by atoms with Crippen LogP contribution in [0.1, 0.15) is 49.6 Å². The van der Waals surface area contributed by atoms with Gasteiger partial charge in [-0.25, -0.2) is 4.98 Å². The fourth-order valence-corrected chi connectivity index (χ4v) is 3.63. The van der Waals surface area contributed by atoms with Crippen LogP contribution in [-0.2, 0) is 11.0 Å². The van der Waals surface area contributed by atoms with E-state index in [9.17, 15) is 22.8 Å². The number of halogens is 3. The molecule has 152 valence electrons. The molecular weight excluding hydrogens is 371 g/mol. The Morgan fingerprint density at radius 1 is 1.18 bits per heavy atom. The van der Waals surface area contributed by atoms with E-state index in [1.165, 1.54) is 13.0 Å². The van der Waals surface area contributed by atoms with Crippen molar-refractivity contribution in [2.45, 2.75) is 52.8 Å². The van der Waals surface area contributed by atoms with Gasteiger partial charge in [-0.15, -0.1) is 0 Å². The molecule has 1 unspecified atom stereocenters. The van der Waals surface area contributed by atoms with Gasteiger partial charge in [-0.3, -0.25) is 14.2 Å². The van der Waals surface area contributed by atoms with Crippen molar-refractivity contribution in [2.75, 3.05) is 13.1 Å². The first kappa shape index (κ1) is 20.4. The van der Waals surface area contributed by atoms with Crippen molar-refractivity contribution in [3.05, 3.63) is 39.3 Å². The molecule has 1 aliphatic rings. The maximum atomic E-state index is 13.4. The normalized spacial score (nSPS) is 17.2. The quantitative estimate of drug-likeness (QED) is 0.776. The SMILES string of the molecule is Cc1cc2nc(C(F)(F)F)c(=O)n(C(C)C(=O)N3CCC(C)CC3)c2cc1C. The van der Waals surface area contributed by atoms with Crippen molar-refractivity contribution in [3.63, 3.8) is 0 Å². The lowest BCUT2D eigenvalue weighted by Crippen LogP contribution is -2.44. The summed E-state index contributed by atoms with van der Waals surface area (Å²) in [6.07, 6.45) is -3.21. The van der Waals surface area contributed by atoms with Crippen LogP contribution in [0, 0.1) is 19.8 Å². The largest absolute Gasteiger partial charge is 0.438 e. The number of alkyl halides is 3. The summed E-state index contributed by atoms with van der Waals surface area (Å²) in [7, 11) is 0. The first-order valence-corrected chi connectivity index (χ1v) is 9.40. The van der Waals surface area contributed by atoms with E-state index in [0.29, 0.717) is 19.0 Å². The van der Waals surface area contributed by atoms with Gasteiger partial charge in [0, 0.05) is 13.1 Å². The molecule has 1 saturated heterocycles. The van der Waals surface area contributed by atoms with Crippen LogP contribution < -0.4 is 5.56 Å². The van der Waals surface area contributed by atoms with Gasteiger partial charge in [0.15, 0.2) is 0 Å². The molecule has 2 heterocycles. The fraction of sp³-hybridized carbons (Fsp3) is 0.550. The zero-order chi connectivity index (χ0) is 20.8. The molecule has 0 radical (unpaired) electrons. The van der Waals surface area contributed by atoms with Gasteiger partial charge in [-0.2, -0.15) is 13.2 Å². The van der Waals surface area contributed by atoms with Gasteiger partial charge in [0.1, 0.15) is 6.04 Å². The summed E-state index contributed by atoms with van der Waals surface area (Å²) < 4.78 is 41.2. The molecule has 1 aromatic carbocycles. The van der Waals surface area contributed by atoms with Gasteiger partial charge in [-0.05, 0) is 62.8 Å². The van der Waals surface area contributed by atoms with E-state index in [4.69, 9.17) is 0 Å². The number of hydrogen-bond donors (Lipinski definition) is 0. The standard InChI is InChI=1S/C20H24F3N3O2/c1-11-5-7-25(8-6-11)18(27)14(4)26-16-10-13(3)12(2)9-15(16)24-17(19(26)28)20(21,22)23/h9-11,14H,5-8H2,1-4H3. The van der Waals surface area contributed by atoms with Crippen LogP contribution in [0.15, 0.2) is 16.9 Å². The number of aromatic nitrogens is 2. The molecule has 1 atom stereocenters. The van der Waals surface area contributed by atoms with Crippen LogP contribution in [0.3, 0.4) is 0 Å². The molecule has 1 aromatic heterocycles. The number of likely N-dealkylation sites (tertiary alicyclic amines) is 1. The highest BCUT2D eigenvalue weighted by Gasteiger charge is 2.39. The Bertz CT molecular complexity index is 973. The molecule has 3 rings (SSSR count). The molecule has 1 fully saturated rings. The van der Waals surface area contributed by atoms with Crippen molar-refractivity contribution in [1.29, 1.82) is 0 Å². The minimum absolute atomic E-state index is 0.0574. The van der Waals surface area contributed by atoms with E-state index in [2.05, 4.69) is 11.9 Å². The third-order valence-electron chi connectivity index (χ3n) is 5.61. The summed E-state index contributed by atoms with van der Waals surface area (Å²) in [5.41, 5.74) is -0.894. The molecule has 0 N–H and O–H groups in total. The second-order valence-electron chi connectivity index (χ2n) is 7.74. The summed E-state index contributed by atoms with van der Waals surface area (Å²) in [5.74, 6) is 0.166. The molecule has 1 aliphatic heterocycles. The Balaban J connectivity index is 2.17. The molecule has 2 aromatic rings. The van der Waals surface area contributed by atoms with Crippen LogP contribution >= 0.6 is 0 Å². The summed E-state index contributed by atoms with van der Waals surface area (Å²) in [6, 6.07) is 2.10. The number of benzene rings is 1. The van der Waals surface area contributed by atoms with E-state index in [1.807, 2.05) is 0 Å². The van der Waals surface area contributed by atoms with Gasteiger partial charge in [-0.1, -0.05) is 6.92 Å². The number of carbonyl (C=O) groups is 1. The number of piperidine rings is 1. The summed E-state index contributed by atoms with van der Waals surface area (Å²) in [6.45, 7) is 8.25. The third-order valence-corrected chi connectivity index (χ3v) is 5.61. The fourth-order valence-electron chi connectivity index (χ4n) is 3.63. The van der Waals surface area contributed by atoms with Crippen LogP contribution in [0.4, 0.5) is 13.2 Å². The Labute approximate surface area is 161 Å². The molecule has 0 saturated carbocycles. The van der Waals surface area contributed by atoms with E-state index in [1.54, 1.807) is 24.8 Å². The van der Waals surface area contributed by atoms with E-state index >= 15 is 0 Å². The second-order valence-corrected chi connectivity index (χ2v) is 7.74. The number of carbonyl (C=O) groups excluding carboxylic acids is 1. The smallest absolute Gasteiger partial charge is 0.341 e. The monoisotopic (exact) mass is 395 g/mol. The molecule has 28 heavy (non-hydrogen) atoms. The maximum absolute atomic E-state index is 13.4. The highest BCUT2D eigenvalue weighted by atomic mass is 19.4. The highest BCUT2D eigenvalue weighted by molar-refractivity contribution is 5.84. The van der Waals surface area contributed by atoms with Crippen molar-refractivity contribution >= 4 is 16.9 Å². The second kappa shape index (κ2) is 7.22. The lowest BCUT2D eigenvalue weighted by molar-refractivity contribution is -0.143. The molecule has 0 aliphatic carbocycles. The number of hydrogen-bond acceptors (Lipinski definition) is 3. The average Bonchev–Trinajstić information content (AvgIpc) is 2.61.